The quantitative estimate of drug-likeness (QED) is 0.373. The van der Waals surface area contributed by atoms with Crippen LogP contribution in [-0.2, 0) is 32.1 Å². The standard InChI is InChI=1S/C31H45NO4/c1-6-30(7-2)22-31(21-28(3,4)32(30)36-19-18-26-14-10-8-11-15-26)34-24-29(5,25-35-31)23-33-20-27-16-12-9-13-17-27/h8-17H,6-7,18-25H2,1-5H3. The zero-order valence-corrected chi connectivity index (χ0v) is 22.9. The Morgan fingerprint density at radius 3 is 1.97 bits per heavy atom. The molecule has 1 spiro atoms. The summed E-state index contributed by atoms with van der Waals surface area (Å²) in [5.41, 5.74) is 1.96. The van der Waals surface area contributed by atoms with Crippen molar-refractivity contribution in [3.05, 3.63) is 71.8 Å². The Kier molecular flexibility index (Phi) is 8.58. The second kappa shape index (κ2) is 11.3. The van der Waals surface area contributed by atoms with Crippen LogP contribution in [0, 0.1) is 5.41 Å². The molecule has 0 aliphatic carbocycles. The van der Waals surface area contributed by atoms with E-state index in [0.717, 1.165) is 32.1 Å². The molecule has 4 rings (SSSR count). The van der Waals surface area contributed by atoms with Gasteiger partial charge in [-0.25, -0.2) is 0 Å². The third-order valence-corrected chi connectivity index (χ3v) is 7.98. The fourth-order valence-electron chi connectivity index (χ4n) is 5.98. The highest BCUT2D eigenvalue weighted by Gasteiger charge is 2.59. The van der Waals surface area contributed by atoms with Crippen LogP contribution in [-0.4, -0.2) is 48.4 Å². The van der Waals surface area contributed by atoms with E-state index in [2.05, 4.69) is 82.1 Å². The molecular formula is C31H45NO4. The molecule has 2 saturated heterocycles. The zero-order valence-electron chi connectivity index (χ0n) is 22.9. The summed E-state index contributed by atoms with van der Waals surface area (Å²) in [6, 6.07) is 20.9. The van der Waals surface area contributed by atoms with Gasteiger partial charge in [0.05, 0.1) is 38.6 Å². The maximum Gasteiger partial charge on any atom is 0.172 e. The van der Waals surface area contributed by atoms with E-state index in [1.54, 1.807) is 0 Å². The fourth-order valence-corrected chi connectivity index (χ4v) is 5.98. The van der Waals surface area contributed by atoms with Gasteiger partial charge in [0.1, 0.15) is 0 Å². The van der Waals surface area contributed by atoms with Crippen molar-refractivity contribution < 1.29 is 19.0 Å². The number of rotatable bonds is 10. The van der Waals surface area contributed by atoms with Crippen LogP contribution in [0.3, 0.4) is 0 Å². The van der Waals surface area contributed by atoms with E-state index in [9.17, 15) is 0 Å². The topological polar surface area (TPSA) is 40.2 Å². The number of piperidine rings is 1. The molecule has 5 nitrogen and oxygen atoms in total. The second-order valence-corrected chi connectivity index (χ2v) is 11.7. The van der Waals surface area contributed by atoms with Crippen LogP contribution in [0.2, 0.25) is 0 Å². The van der Waals surface area contributed by atoms with Crippen molar-refractivity contribution >= 4 is 0 Å². The summed E-state index contributed by atoms with van der Waals surface area (Å²) in [7, 11) is 0. The number of hydrogen-bond acceptors (Lipinski definition) is 5. The van der Waals surface area contributed by atoms with Gasteiger partial charge in [-0.05, 0) is 44.2 Å². The molecule has 5 heteroatoms. The highest BCUT2D eigenvalue weighted by atomic mass is 16.7. The molecule has 0 bridgehead atoms. The van der Waals surface area contributed by atoms with Gasteiger partial charge >= 0.3 is 0 Å². The predicted octanol–water partition coefficient (Wildman–Crippen LogP) is 6.56. The van der Waals surface area contributed by atoms with Gasteiger partial charge in [-0.15, -0.1) is 0 Å². The van der Waals surface area contributed by atoms with Crippen LogP contribution in [0.1, 0.15) is 71.4 Å². The van der Waals surface area contributed by atoms with Gasteiger partial charge in [-0.1, -0.05) is 81.4 Å². The van der Waals surface area contributed by atoms with E-state index >= 15 is 0 Å². The number of nitrogens with zero attached hydrogens (tertiary/aromatic N) is 1. The van der Waals surface area contributed by atoms with Crippen molar-refractivity contribution in [2.75, 3.05) is 26.4 Å². The Morgan fingerprint density at radius 1 is 0.806 bits per heavy atom. The van der Waals surface area contributed by atoms with Gasteiger partial charge in [0.15, 0.2) is 5.79 Å². The Hall–Kier alpha value is -1.76. The third kappa shape index (κ3) is 6.20. The van der Waals surface area contributed by atoms with Crippen LogP contribution < -0.4 is 0 Å². The van der Waals surface area contributed by atoms with Crippen molar-refractivity contribution in [3.63, 3.8) is 0 Å². The molecule has 198 valence electrons. The van der Waals surface area contributed by atoms with Gasteiger partial charge < -0.3 is 14.2 Å². The summed E-state index contributed by atoms with van der Waals surface area (Å²) >= 11 is 0. The van der Waals surface area contributed by atoms with Gasteiger partial charge in [0.25, 0.3) is 0 Å². The summed E-state index contributed by atoms with van der Waals surface area (Å²) in [5, 5.41) is 2.29. The molecule has 2 aliphatic heterocycles. The van der Waals surface area contributed by atoms with Crippen LogP contribution in [0.25, 0.3) is 0 Å². The molecule has 0 aromatic heterocycles. The minimum absolute atomic E-state index is 0.143. The first-order chi connectivity index (χ1) is 17.2. The molecular weight excluding hydrogens is 450 g/mol. The average Bonchev–Trinajstić information content (AvgIpc) is 2.88. The average molecular weight is 496 g/mol. The molecule has 0 unspecified atom stereocenters. The summed E-state index contributed by atoms with van der Waals surface area (Å²) in [6.07, 6.45) is 4.43. The van der Waals surface area contributed by atoms with Crippen LogP contribution in [0.5, 0.6) is 0 Å². The Balaban J connectivity index is 1.38. The molecule has 0 amide bonds. The van der Waals surface area contributed by atoms with E-state index in [0.29, 0.717) is 33.0 Å². The zero-order chi connectivity index (χ0) is 25.7. The highest BCUT2D eigenvalue weighted by molar-refractivity contribution is 5.15. The number of benzene rings is 2. The van der Waals surface area contributed by atoms with Gasteiger partial charge in [-0.2, -0.15) is 5.06 Å². The molecule has 0 atom stereocenters. The highest BCUT2D eigenvalue weighted by Crippen LogP contribution is 2.51. The largest absolute Gasteiger partial charge is 0.376 e. The van der Waals surface area contributed by atoms with E-state index in [1.807, 2.05) is 18.2 Å². The molecule has 0 N–H and O–H groups in total. The normalized spacial score (nSPS) is 27.8. The lowest BCUT2D eigenvalue weighted by Gasteiger charge is -2.61. The molecule has 2 heterocycles. The predicted molar refractivity (Wildman–Crippen MR) is 143 cm³/mol. The Bertz CT molecular complexity index is 934. The van der Waals surface area contributed by atoms with Crippen LogP contribution in [0.15, 0.2) is 60.7 Å². The number of ether oxygens (including phenoxy) is 3. The lowest BCUT2D eigenvalue weighted by Crippen LogP contribution is -2.69. The lowest BCUT2D eigenvalue weighted by atomic mass is 9.72. The van der Waals surface area contributed by atoms with Crippen molar-refractivity contribution in [2.45, 2.75) is 90.2 Å². The monoisotopic (exact) mass is 495 g/mol. The summed E-state index contributed by atoms with van der Waals surface area (Å²) in [5.74, 6) is -0.590. The molecule has 2 fully saturated rings. The summed E-state index contributed by atoms with van der Waals surface area (Å²) in [4.78, 5) is 6.57. The second-order valence-electron chi connectivity index (χ2n) is 11.7. The van der Waals surface area contributed by atoms with Gasteiger partial charge in [-0.3, -0.25) is 4.84 Å². The molecule has 2 aliphatic rings. The van der Waals surface area contributed by atoms with Crippen molar-refractivity contribution in [1.29, 1.82) is 0 Å². The van der Waals surface area contributed by atoms with Crippen molar-refractivity contribution in [3.8, 4) is 0 Å². The minimum Gasteiger partial charge on any atom is -0.376 e. The van der Waals surface area contributed by atoms with Crippen molar-refractivity contribution in [2.24, 2.45) is 5.41 Å². The summed E-state index contributed by atoms with van der Waals surface area (Å²) in [6.45, 7) is 14.4. The maximum atomic E-state index is 6.66. The van der Waals surface area contributed by atoms with Gasteiger partial charge in [0.2, 0.25) is 0 Å². The van der Waals surface area contributed by atoms with Crippen molar-refractivity contribution in [1.82, 2.24) is 5.06 Å². The molecule has 2 aromatic rings. The van der Waals surface area contributed by atoms with Gasteiger partial charge in [0, 0.05) is 23.8 Å². The minimum atomic E-state index is -0.590. The maximum absolute atomic E-state index is 6.66. The molecule has 0 radical (unpaired) electrons. The summed E-state index contributed by atoms with van der Waals surface area (Å²) < 4.78 is 19.4. The first-order valence-corrected chi connectivity index (χ1v) is 13.6. The van der Waals surface area contributed by atoms with Crippen LogP contribution in [0.4, 0.5) is 0 Å². The Morgan fingerprint density at radius 2 is 1.39 bits per heavy atom. The fraction of sp³-hybridized carbons (Fsp3) is 0.613. The SMILES string of the molecule is CCC1(CC)CC2(CC(C)(C)N1OCCc1ccccc1)OCC(C)(COCc1ccccc1)CO2. The number of hydrogen-bond donors (Lipinski definition) is 0. The first kappa shape index (κ1) is 27.3. The van der Waals surface area contributed by atoms with E-state index in [-0.39, 0.29) is 16.5 Å². The Labute approximate surface area is 218 Å². The van der Waals surface area contributed by atoms with E-state index < -0.39 is 5.79 Å². The molecule has 2 aromatic carbocycles. The molecule has 36 heavy (non-hydrogen) atoms. The first-order valence-electron chi connectivity index (χ1n) is 13.6. The van der Waals surface area contributed by atoms with E-state index in [4.69, 9.17) is 19.0 Å². The molecule has 0 saturated carbocycles. The third-order valence-electron chi connectivity index (χ3n) is 7.98. The van der Waals surface area contributed by atoms with Crippen LogP contribution >= 0.6 is 0 Å². The smallest absolute Gasteiger partial charge is 0.172 e. The van der Waals surface area contributed by atoms with E-state index in [1.165, 1.54) is 11.1 Å². The lowest BCUT2D eigenvalue weighted by molar-refractivity contribution is -0.388. The number of hydroxylamine groups is 2.